The van der Waals surface area contributed by atoms with Gasteiger partial charge in [0.1, 0.15) is 6.07 Å². The quantitative estimate of drug-likeness (QED) is 0.834. The van der Waals surface area contributed by atoms with Crippen molar-refractivity contribution in [3.63, 3.8) is 0 Å². The van der Waals surface area contributed by atoms with E-state index in [1.54, 1.807) is 6.20 Å². The van der Waals surface area contributed by atoms with Gasteiger partial charge in [0.15, 0.2) is 11.5 Å². The molecule has 1 amide bonds. The molecule has 1 aromatic heterocycles. The highest BCUT2D eigenvalue weighted by atomic mass is 16.2. The molecule has 3 rings (SSSR count). The van der Waals surface area contributed by atoms with Crippen LogP contribution < -0.4 is 4.90 Å². The second kappa shape index (κ2) is 6.37. The summed E-state index contributed by atoms with van der Waals surface area (Å²) in [7, 11) is 0. The van der Waals surface area contributed by atoms with E-state index >= 15 is 0 Å². The summed E-state index contributed by atoms with van der Waals surface area (Å²) >= 11 is 0. The Morgan fingerprint density at radius 1 is 1.30 bits per heavy atom. The number of carbonyl (C=O) groups is 1. The average Bonchev–Trinajstić information content (AvgIpc) is 3.00. The van der Waals surface area contributed by atoms with E-state index in [4.69, 9.17) is 0 Å². The lowest BCUT2D eigenvalue weighted by Crippen LogP contribution is -2.54. The maximum atomic E-state index is 12.8. The van der Waals surface area contributed by atoms with Gasteiger partial charge in [-0.15, -0.1) is 0 Å². The lowest BCUT2D eigenvalue weighted by Gasteiger charge is -2.40. The van der Waals surface area contributed by atoms with E-state index in [0.29, 0.717) is 31.1 Å². The van der Waals surface area contributed by atoms with E-state index in [2.05, 4.69) is 34.8 Å². The Bertz CT molecular complexity index is 690. The molecule has 1 aromatic rings. The third kappa shape index (κ3) is 2.91. The van der Waals surface area contributed by atoms with E-state index in [1.807, 2.05) is 4.90 Å². The second-order valence-electron chi connectivity index (χ2n) is 6.25. The number of hydrogen-bond donors (Lipinski definition) is 0. The zero-order valence-corrected chi connectivity index (χ0v) is 13.6. The minimum absolute atomic E-state index is 0.0886. The highest BCUT2D eigenvalue weighted by Crippen LogP contribution is 2.28. The van der Waals surface area contributed by atoms with Gasteiger partial charge in [0.2, 0.25) is 5.91 Å². The number of anilines is 1. The van der Waals surface area contributed by atoms with Crippen molar-refractivity contribution in [1.29, 1.82) is 5.26 Å². The van der Waals surface area contributed by atoms with Crippen LogP contribution in [0.3, 0.4) is 0 Å². The fourth-order valence-electron chi connectivity index (χ4n) is 3.45. The standard InChI is InChI=1S/C17H21N5O/c1-12-4-3-5-14(12)17(23)22-9-8-21(11-13(22)2)16-15(10-18)19-6-7-20-16/h6-7,13H,3-5,8-9,11H2,1-2H3. The molecule has 1 aliphatic carbocycles. The predicted molar refractivity (Wildman–Crippen MR) is 86.7 cm³/mol. The van der Waals surface area contributed by atoms with Gasteiger partial charge >= 0.3 is 0 Å². The SMILES string of the molecule is CC1=C(C(=O)N2CCN(c3nccnc3C#N)CC2C)CCC1. The number of rotatable bonds is 2. The highest BCUT2D eigenvalue weighted by Gasteiger charge is 2.32. The van der Waals surface area contributed by atoms with Crippen LogP contribution in [0.1, 0.15) is 38.8 Å². The van der Waals surface area contributed by atoms with Crippen molar-refractivity contribution in [2.24, 2.45) is 0 Å². The molecule has 23 heavy (non-hydrogen) atoms. The summed E-state index contributed by atoms with van der Waals surface area (Å²) in [4.78, 5) is 25.1. The van der Waals surface area contributed by atoms with Gasteiger partial charge in [0.05, 0.1) is 0 Å². The van der Waals surface area contributed by atoms with Crippen molar-refractivity contribution < 1.29 is 4.79 Å². The van der Waals surface area contributed by atoms with Crippen LogP contribution in [0.15, 0.2) is 23.5 Å². The molecule has 6 nitrogen and oxygen atoms in total. The first-order chi connectivity index (χ1) is 11.1. The minimum atomic E-state index is 0.0886. The summed E-state index contributed by atoms with van der Waals surface area (Å²) < 4.78 is 0. The first-order valence-corrected chi connectivity index (χ1v) is 8.07. The van der Waals surface area contributed by atoms with Crippen LogP contribution in [0.25, 0.3) is 0 Å². The zero-order chi connectivity index (χ0) is 16.4. The van der Waals surface area contributed by atoms with Crippen molar-refractivity contribution in [2.75, 3.05) is 24.5 Å². The van der Waals surface area contributed by atoms with E-state index < -0.39 is 0 Å². The Morgan fingerprint density at radius 3 is 2.74 bits per heavy atom. The van der Waals surface area contributed by atoms with Crippen LogP contribution in [0.4, 0.5) is 5.82 Å². The van der Waals surface area contributed by atoms with Gasteiger partial charge in [0, 0.05) is 43.6 Å². The first kappa shape index (κ1) is 15.5. The monoisotopic (exact) mass is 311 g/mol. The molecule has 0 saturated carbocycles. The normalized spacial score (nSPS) is 21.5. The summed E-state index contributed by atoms with van der Waals surface area (Å²) in [6, 6.07) is 2.18. The van der Waals surface area contributed by atoms with Crippen molar-refractivity contribution in [3.8, 4) is 6.07 Å². The molecule has 6 heteroatoms. The van der Waals surface area contributed by atoms with Crippen LogP contribution in [0.2, 0.25) is 0 Å². The van der Waals surface area contributed by atoms with Crippen molar-refractivity contribution in [2.45, 2.75) is 39.2 Å². The lowest BCUT2D eigenvalue weighted by molar-refractivity contribution is -0.129. The zero-order valence-electron chi connectivity index (χ0n) is 13.6. The Kier molecular flexibility index (Phi) is 4.28. The van der Waals surface area contributed by atoms with E-state index in [1.165, 1.54) is 11.8 Å². The molecule has 1 fully saturated rings. The van der Waals surface area contributed by atoms with Crippen molar-refractivity contribution in [3.05, 3.63) is 29.2 Å². The highest BCUT2D eigenvalue weighted by molar-refractivity contribution is 5.95. The van der Waals surface area contributed by atoms with E-state index in [-0.39, 0.29) is 11.9 Å². The molecular weight excluding hydrogens is 290 g/mol. The molecule has 1 unspecified atom stereocenters. The molecule has 0 bridgehead atoms. The molecule has 1 saturated heterocycles. The summed E-state index contributed by atoms with van der Waals surface area (Å²) in [5, 5.41) is 9.18. The summed E-state index contributed by atoms with van der Waals surface area (Å²) in [5.41, 5.74) is 2.58. The Balaban J connectivity index is 1.74. The van der Waals surface area contributed by atoms with Gasteiger partial charge in [-0.3, -0.25) is 4.79 Å². The number of amides is 1. The average molecular weight is 311 g/mol. The summed E-state index contributed by atoms with van der Waals surface area (Å²) in [5.74, 6) is 0.803. The number of piperazine rings is 1. The van der Waals surface area contributed by atoms with Crippen molar-refractivity contribution >= 4 is 11.7 Å². The lowest BCUT2D eigenvalue weighted by atomic mass is 10.1. The van der Waals surface area contributed by atoms with E-state index in [9.17, 15) is 10.1 Å². The molecule has 2 heterocycles. The number of aromatic nitrogens is 2. The smallest absolute Gasteiger partial charge is 0.250 e. The van der Waals surface area contributed by atoms with Gasteiger partial charge in [-0.25, -0.2) is 9.97 Å². The van der Waals surface area contributed by atoms with Gasteiger partial charge in [-0.05, 0) is 33.1 Å². The topological polar surface area (TPSA) is 73.1 Å². The molecule has 0 aromatic carbocycles. The second-order valence-corrected chi connectivity index (χ2v) is 6.25. The maximum Gasteiger partial charge on any atom is 0.250 e. The van der Waals surface area contributed by atoms with Crippen LogP contribution in [-0.2, 0) is 4.79 Å². The third-order valence-corrected chi connectivity index (χ3v) is 4.72. The van der Waals surface area contributed by atoms with Gasteiger partial charge in [-0.2, -0.15) is 5.26 Å². The van der Waals surface area contributed by atoms with Crippen LogP contribution in [0, 0.1) is 11.3 Å². The summed E-state index contributed by atoms with van der Waals surface area (Å²) in [6.07, 6.45) is 6.17. The Hall–Kier alpha value is -2.42. The number of hydrogen-bond acceptors (Lipinski definition) is 5. The number of nitriles is 1. The molecule has 0 N–H and O–H groups in total. The number of allylic oxidation sites excluding steroid dienone is 1. The fourth-order valence-corrected chi connectivity index (χ4v) is 3.45. The maximum absolute atomic E-state index is 12.8. The van der Waals surface area contributed by atoms with Crippen LogP contribution in [0.5, 0.6) is 0 Å². The molecular formula is C17H21N5O. The molecule has 0 spiro atoms. The largest absolute Gasteiger partial charge is 0.350 e. The van der Waals surface area contributed by atoms with Crippen LogP contribution >= 0.6 is 0 Å². The minimum Gasteiger partial charge on any atom is -0.350 e. The predicted octanol–water partition coefficient (Wildman–Crippen LogP) is 1.89. The number of carbonyl (C=O) groups excluding carboxylic acids is 1. The fraction of sp³-hybridized carbons (Fsp3) is 0.529. The number of nitrogens with zero attached hydrogens (tertiary/aromatic N) is 5. The first-order valence-electron chi connectivity index (χ1n) is 8.07. The molecule has 1 aliphatic heterocycles. The van der Waals surface area contributed by atoms with Gasteiger partial charge in [-0.1, -0.05) is 5.57 Å². The van der Waals surface area contributed by atoms with Gasteiger partial charge < -0.3 is 9.80 Å². The van der Waals surface area contributed by atoms with Crippen LogP contribution in [-0.4, -0.2) is 46.5 Å². The molecule has 1 atom stereocenters. The third-order valence-electron chi connectivity index (χ3n) is 4.72. The Morgan fingerprint density at radius 2 is 2.09 bits per heavy atom. The summed E-state index contributed by atoms with van der Waals surface area (Å²) in [6.45, 7) is 6.12. The van der Waals surface area contributed by atoms with E-state index in [0.717, 1.165) is 24.8 Å². The molecule has 120 valence electrons. The van der Waals surface area contributed by atoms with Gasteiger partial charge in [0.25, 0.3) is 0 Å². The molecule has 2 aliphatic rings. The molecule has 0 radical (unpaired) electrons. The Labute approximate surface area is 136 Å². The van der Waals surface area contributed by atoms with Crippen molar-refractivity contribution in [1.82, 2.24) is 14.9 Å².